The highest BCUT2D eigenvalue weighted by Crippen LogP contribution is 2.35. The van der Waals surface area contributed by atoms with Crippen LogP contribution in [-0.2, 0) is 17.9 Å². The Kier molecular flexibility index (Phi) is 8.08. The van der Waals surface area contributed by atoms with Crippen LogP contribution in [0.1, 0.15) is 23.7 Å². The number of pyridine rings is 2. The average molecular weight is 500 g/mol. The number of carbonyl (C=O) groups is 1. The Morgan fingerprint density at radius 2 is 2.13 bits per heavy atom. The molecule has 3 aromatic rings. The van der Waals surface area contributed by atoms with E-state index in [1.807, 2.05) is 30.5 Å². The lowest BCUT2D eigenvalue weighted by Gasteiger charge is -2.12. The summed E-state index contributed by atoms with van der Waals surface area (Å²) < 4.78 is 6.51. The van der Waals surface area contributed by atoms with Gasteiger partial charge in [-0.2, -0.15) is 0 Å². The maximum absolute atomic E-state index is 11.7. The van der Waals surface area contributed by atoms with E-state index in [0.29, 0.717) is 21.7 Å². The number of nitrogens with one attached hydrogen (secondary N) is 1. The number of phenolic OH excluding ortho intramolecular Hbond substituents is 1. The van der Waals surface area contributed by atoms with Crippen LogP contribution in [0.5, 0.6) is 11.5 Å². The number of aromatic hydroxyl groups is 1. The van der Waals surface area contributed by atoms with Crippen LogP contribution in [0.25, 0.3) is 6.08 Å². The standard InChI is InChI=1S/C23H22BrN3O3S/c1-15(28)23(31-2)9-17-8-22(21(29)10-20(17)24)30-14-16-7-19(12-25-11-16)27-13-18-5-3-4-6-26-18/h3-12,27,29H,13-14H2,1-2H3/b23-9-. The molecule has 2 aromatic heterocycles. The number of halogens is 1. The molecule has 31 heavy (non-hydrogen) atoms. The van der Waals surface area contributed by atoms with Crippen molar-refractivity contribution >= 4 is 45.2 Å². The molecule has 0 aliphatic carbocycles. The third-order valence-corrected chi connectivity index (χ3v) is 5.85. The molecule has 3 rings (SSSR count). The highest BCUT2D eigenvalue weighted by atomic mass is 79.9. The minimum absolute atomic E-state index is 0.00921. The SMILES string of the molecule is CS/C(=C\c1cc(OCc2cncc(NCc3ccccn3)c2)c(O)cc1Br)C(C)=O. The van der Waals surface area contributed by atoms with E-state index in [4.69, 9.17) is 4.74 Å². The summed E-state index contributed by atoms with van der Waals surface area (Å²) in [7, 11) is 0. The normalized spacial score (nSPS) is 11.3. The lowest BCUT2D eigenvalue weighted by molar-refractivity contribution is -0.112. The van der Waals surface area contributed by atoms with Crippen molar-refractivity contribution in [3.8, 4) is 11.5 Å². The van der Waals surface area contributed by atoms with Crippen molar-refractivity contribution in [3.63, 3.8) is 0 Å². The first kappa shape index (κ1) is 22.8. The van der Waals surface area contributed by atoms with Crippen LogP contribution in [0.3, 0.4) is 0 Å². The summed E-state index contributed by atoms with van der Waals surface area (Å²) in [5.41, 5.74) is 3.37. The number of Topliss-reactive ketones (excluding diaryl/α,β-unsaturated/α-hetero) is 1. The van der Waals surface area contributed by atoms with Crippen LogP contribution in [0.15, 0.2) is 64.4 Å². The van der Waals surface area contributed by atoms with E-state index in [1.165, 1.54) is 18.7 Å². The number of anilines is 1. The Bertz CT molecular complexity index is 1090. The molecule has 160 valence electrons. The topological polar surface area (TPSA) is 84.3 Å². The van der Waals surface area contributed by atoms with Crippen molar-refractivity contribution in [1.82, 2.24) is 9.97 Å². The quantitative estimate of drug-likeness (QED) is 0.379. The van der Waals surface area contributed by atoms with E-state index in [-0.39, 0.29) is 18.1 Å². The molecule has 1 aromatic carbocycles. The summed E-state index contributed by atoms with van der Waals surface area (Å²) in [6.45, 7) is 2.34. The van der Waals surface area contributed by atoms with Crippen LogP contribution in [0.2, 0.25) is 0 Å². The minimum Gasteiger partial charge on any atom is -0.504 e. The average Bonchev–Trinajstić information content (AvgIpc) is 2.77. The van der Waals surface area contributed by atoms with Crippen molar-refractivity contribution < 1.29 is 14.6 Å². The lowest BCUT2D eigenvalue weighted by Crippen LogP contribution is -2.03. The van der Waals surface area contributed by atoms with Gasteiger partial charge in [0.2, 0.25) is 0 Å². The summed E-state index contributed by atoms with van der Waals surface area (Å²) in [6, 6.07) is 11.0. The van der Waals surface area contributed by atoms with Crippen molar-refractivity contribution in [2.45, 2.75) is 20.1 Å². The second-order valence-electron chi connectivity index (χ2n) is 6.66. The molecule has 0 aliphatic heterocycles. The molecular weight excluding hydrogens is 478 g/mol. The molecule has 0 atom stereocenters. The largest absolute Gasteiger partial charge is 0.504 e. The fraction of sp³-hybridized carbons (Fsp3) is 0.174. The summed E-state index contributed by atoms with van der Waals surface area (Å²) in [6.07, 6.45) is 8.82. The van der Waals surface area contributed by atoms with Gasteiger partial charge < -0.3 is 15.2 Å². The number of aromatic nitrogens is 2. The monoisotopic (exact) mass is 499 g/mol. The molecule has 0 bridgehead atoms. The Balaban J connectivity index is 1.71. The van der Waals surface area contributed by atoms with E-state index in [2.05, 4.69) is 31.2 Å². The van der Waals surface area contributed by atoms with Crippen LogP contribution < -0.4 is 10.1 Å². The first-order valence-corrected chi connectivity index (χ1v) is 11.5. The number of benzene rings is 1. The van der Waals surface area contributed by atoms with E-state index < -0.39 is 0 Å². The molecule has 6 nitrogen and oxygen atoms in total. The van der Waals surface area contributed by atoms with Crippen molar-refractivity contribution in [3.05, 3.63) is 81.2 Å². The zero-order valence-corrected chi connectivity index (χ0v) is 19.5. The number of hydrogen-bond acceptors (Lipinski definition) is 7. The molecule has 0 amide bonds. The van der Waals surface area contributed by atoms with Crippen LogP contribution in [0.4, 0.5) is 5.69 Å². The number of thioether (sulfide) groups is 1. The van der Waals surface area contributed by atoms with Gasteiger partial charge in [-0.3, -0.25) is 14.8 Å². The highest BCUT2D eigenvalue weighted by molar-refractivity contribution is 9.10. The summed E-state index contributed by atoms with van der Waals surface area (Å²) in [5.74, 6) is 0.316. The van der Waals surface area contributed by atoms with Gasteiger partial charge in [-0.05, 0) is 55.2 Å². The van der Waals surface area contributed by atoms with Gasteiger partial charge in [-0.25, -0.2) is 0 Å². The Morgan fingerprint density at radius 3 is 2.84 bits per heavy atom. The van der Waals surface area contributed by atoms with Gasteiger partial charge in [-0.15, -0.1) is 11.8 Å². The predicted molar refractivity (Wildman–Crippen MR) is 128 cm³/mol. The van der Waals surface area contributed by atoms with Crippen LogP contribution in [-0.4, -0.2) is 27.1 Å². The zero-order chi connectivity index (χ0) is 22.2. The summed E-state index contributed by atoms with van der Waals surface area (Å²) in [5, 5.41) is 13.6. The van der Waals surface area contributed by atoms with Gasteiger partial charge in [0.05, 0.1) is 22.8 Å². The molecular formula is C23H22BrN3O3S. The highest BCUT2D eigenvalue weighted by Gasteiger charge is 2.11. The molecule has 0 saturated heterocycles. The first-order chi connectivity index (χ1) is 15.0. The van der Waals surface area contributed by atoms with Gasteiger partial charge in [0.25, 0.3) is 0 Å². The summed E-state index contributed by atoms with van der Waals surface area (Å²) in [4.78, 5) is 20.9. The zero-order valence-electron chi connectivity index (χ0n) is 17.1. The number of phenols is 1. The van der Waals surface area contributed by atoms with E-state index in [0.717, 1.165) is 22.5 Å². The molecule has 0 spiro atoms. The Hall–Kier alpha value is -2.84. The first-order valence-electron chi connectivity index (χ1n) is 9.46. The number of nitrogens with zero attached hydrogens (tertiary/aromatic N) is 2. The van der Waals surface area contributed by atoms with E-state index in [9.17, 15) is 9.90 Å². The molecule has 2 heterocycles. The minimum atomic E-state index is -0.0176. The number of rotatable bonds is 9. The maximum Gasteiger partial charge on any atom is 0.166 e. The molecule has 8 heteroatoms. The third kappa shape index (κ3) is 6.57. The van der Waals surface area contributed by atoms with Crippen LogP contribution >= 0.6 is 27.7 Å². The smallest absolute Gasteiger partial charge is 0.166 e. The second kappa shape index (κ2) is 11.0. The van der Waals surface area contributed by atoms with Gasteiger partial charge in [0.15, 0.2) is 17.3 Å². The molecule has 0 aliphatic rings. The predicted octanol–water partition coefficient (Wildman–Crippen LogP) is 5.43. The molecule has 0 unspecified atom stereocenters. The van der Waals surface area contributed by atoms with Gasteiger partial charge in [0.1, 0.15) is 6.61 Å². The number of ketones is 1. The van der Waals surface area contributed by atoms with Crippen molar-refractivity contribution in [2.75, 3.05) is 11.6 Å². The van der Waals surface area contributed by atoms with Gasteiger partial charge >= 0.3 is 0 Å². The van der Waals surface area contributed by atoms with Gasteiger partial charge in [-0.1, -0.05) is 22.0 Å². The molecule has 2 N–H and O–H groups in total. The van der Waals surface area contributed by atoms with Gasteiger partial charge in [0, 0.05) is 28.6 Å². The Morgan fingerprint density at radius 1 is 1.29 bits per heavy atom. The molecule has 0 fully saturated rings. The van der Waals surface area contributed by atoms with Crippen LogP contribution in [0, 0.1) is 0 Å². The Labute approximate surface area is 193 Å². The fourth-order valence-electron chi connectivity index (χ4n) is 2.75. The maximum atomic E-state index is 11.7. The van der Waals surface area contributed by atoms with E-state index >= 15 is 0 Å². The lowest BCUT2D eigenvalue weighted by atomic mass is 10.1. The number of allylic oxidation sites excluding steroid dienone is 1. The molecule has 0 radical (unpaired) electrons. The fourth-order valence-corrected chi connectivity index (χ4v) is 3.73. The van der Waals surface area contributed by atoms with Crippen molar-refractivity contribution in [2.24, 2.45) is 0 Å². The molecule has 0 saturated carbocycles. The third-order valence-electron chi connectivity index (χ3n) is 4.32. The number of carbonyl (C=O) groups excluding carboxylic acids is 1. The van der Waals surface area contributed by atoms with E-state index in [1.54, 1.807) is 36.8 Å². The number of ether oxygens (including phenoxy) is 1. The number of hydrogen-bond donors (Lipinski definition) is 2. The summed E-state index contributed by atoms with van der Waals surface area (Å²) >= 11 is 4.80. The van der Waals surface area contributed by atoms with Crippen molar-refractivity contribution in [1.29, 1.82) is 0 Å². The second-order valence-corrected chi connectivity index (χ2v) is 8.36.